The third kappa shape index (κ3) is 3.29. The quantitative estimate of drug-likeness (QED) is 0.282. The lowest BCUT2D eigenvalue weighted by molar-refractivity contribution is 0.304. The second kappa shape index (κ2) is 6.72. The minimum atomic E-state index is -0.682. The van der Waals surface area contributed by atoms with Crippen LogP contribution in [0.4, 0.5) is 5.69 Å². The number of fused-ring (bicyclic) bond motifs is 2. The van der Waals surface area contributed by atoms with Crippen molar-refractivity contribution in [3.05, 3.63) is 71.8 Å². The Balaban J connectivity index is 1.66. The fraction of sp³-hybridized carbons (Fsp3) is 0.286. The van der Waals surface area contributed by atoms with Gasteiger partial charge in [0.25, 0.3) is 0 Å². The van der Waals surface area contributed by atoms with Crippen molar-refractivity contribution in [2.45, 2.75) is 39.0 Å². The van der Waals surface area contributed by atoms with Gasteiger partial charge in [-0.25, -0.2) is 4.52 Å². The van der Waals surface area contributed by atoms with E-state index >= 15 is 0 Å². The Labute approximate surface area is 164 Å². The molecule has 0 saturated carbocycles. The van der Waals surface area contributed by atoms with Crippen LogP contribution in [0.3, 0.4) is 0 Å². The zero-order valence-electron chi connectivity index (χ0n) is 16.6. The van der Waals surface area contributed by atoms with Gasteiger partial charge in [-0.1, -0.05) is 37.7 Å². The van der Waals surface area contributed by atoms with Crippen molar-refractivity contribution in [1.82, 2.24) is 18.8 Å². The normalized spacial score (nSPS) is 13.7. The molecule has 7 nitrogen and oxygen atoms in total. The zero-order valence-corrected chi connectivity index (χ0v) is 16.6. The minimum Gasteiger partial charge on any atom is -0.315 e. The van der Waals surface area contributed by atoms with Crippen LogP contribution in [0.5, 0.6) is 0 Å². The number of quaternary nitrogens is 1. The highest BCUT2D eigenvalue weighted by molar-refractivity contribution is 5.71. The molecule has 0 fully saturated rings. The number of nitrogens with zero attached hydrogens (tertiary/aromatic N) is 4. The molecule has 0 radical (unpaired) electrons. The van der Waals surface area contributed by atoms with Gasteiger partial charge in [0.2, 0.25) is 5.69 Å². The van der Waals surface area contributed by atoms with E-state index in [0.717, 1.165) is 28.8 Å². The number of nitrogens with two attached hydrogens (primary N) is 3. The molecule has 0 aliphatic carbocycles. The third-order valence-electron chi connectivity index (χ3n) is 5.34. The third-order valence-corrected chi connectivity index (χ3v) is 5.34. The van der Waals surface area contributed by atoms with Gasteiger partial charge in [-0.3, -0.25) is 0 Å². The van der Waals surface area contributed by atoms with Crippen LogP contribution in [-0.2, 0) is 6.42 Å². The first-order valence-corrected chi connectivity index (χ1v) is 9.57. The second-order valence-electron chi connectivity index (χ2n) is 7.97. The number of hydrogen-bond acceptors (Lipinski definition) is 4. The lowest BCUT2D eigenvalue weighted by atomic mass is 10.0. The Morgan fingerprint density at radius 1 is 1.04 bits per heavy atom. The van der Waals surface area contributed by atoms with Crippen LogP contribution in [0.1, 0.15) is 49.6 Å². The highest BCUT2D eigenvalue weighted by Crippen LogP contribution is 2.28. The van der Waals surface area contributed by atoms with Gasteiger partial charge in [-0.05, 0) is 42.2 Å². The summed E-state index contributed by atoms with van der Waals surface area (Å²) < 4.78 is 4.08. The van der Waals surface area contributed by atoms with E-state index in [0.29, 0.717) is 11.6 Å². The van der Waals surface area contributed by atoms with E-state index in [-0.39, 0.29) is 5.92 Å². The molecule has 0 amide bonds. The lowest BCUT2D eigenvalue weighted by Gasteiger charge is -2.18. The predicted molar refractivity (Wildman–Crippen MR) is 113 cm³/mol. The molecule has 146 valence electrons. The van der Waals surface area contributed by atoms with Crippen LogP contribution in [0.15, 0.2) is 54.9 Å². The van der Waals surface area contributed by atoms with Gasteiger partial charge in [0.15, 0.2) is 0 Å². The average Bonchev–Trinajstić information content (AvgIpc) is 3.23. The standard InChI is InChI=1S/C21H28N7/c1-14(2)16-7-8-18-12-17(25-27(18)13-16)11-15(3)19-5-4-6-20-21(28(22,23)24)9-10-26(19)20/h4-10,12-15H,11,22-24H2,1-3H3/q+1. The molecule has 0 aliphatic heterocycles. The first-order valence-electron chi connectivity index (χ1n) is 9.57. The Bertz CT molecular complexity index is 1130. The Kier molecular flexibility index (Phi) is 4.47. The molecule has 0 spiro atoms. The van der Waals surface area contributed by atoms with E-state index in [1.807, 2.05) is 28.9 Å². The Morgan fingerprint density at radius 3 is 2.54 bits per heavy atom. The lowest BCUT2D eigenvalue weighted by Crippen LogP contribution is -2.67. The molecule has 4 aromatic rings. The van der Waals surface area contributed by atoms with Gasteiger partial charge in [-0.15, -0.1) is 17.5 Å². The fourth-order valence-electron chi connectivity index (χ4n) is 3.79. The molecule has 28 heavy (non-hydrogen) atoms. The molecule has 0 saturated heterocycles. The molecule has 6 N–H and O–H groups in total. The maximum Gasteiger partial charge on any atom is 0.217 e. The molecule has 7 heteroatoms. The molecule has 1 unspecified atom stereocenters. The van der Waals surface area contributed by atoms with E-state index in [2.05, 4.69) is 55.6 Å². The van der Waals surface area contributed by atoms with E-state index in [9.17, 15) is 0 Å². The maximum absolute atomic E-state index is 5.86. The van der Waals surface area contributed by atoms with E-state index in [1.165, 1.54) is 5.56 Å². The summed E-state index contributed by atoms with van der Waals surface area (Å²) in [4.78, 5) is -0.682. The Morgan fingerprint density at radius 2 is 1.82 bits per heavy atom. The summed E-state index contributed by atoms with van der Waals surface area (Å²) >= 11 is 0. The van der Waals surface area contributed by atoms with Crippen molar-refractivity contribution in [3.63, 3.8) is 0 Å². The van der Waals surface area contributed by atoms with Crippen LogP contribution in [-0.4, -0.2) is 14.0 Å². The number of pyridine rings is 2. The van der Waals surface area contributed by atoms with Crippen LogP contribution < -0.4 is 22.3 Å². The van der Waals surface area contributed by atoms with Crippen molar-refractivity contribution in [2.75, 3.05) is 0 Å². The molecule has 4 heterocycles. The SMILES string of the molecule is CC(C)c1ccc2cc(CC(C)c3cccc4c([N+](N)(N)N)ccn34)nn2c1. The molecule has 1 atom stereocenters. The smallest absolute Gasteiger partial charge is 0.217 e. The molecule has 4 rings (SSSR count). The second-order valence-corrected chi connectivity index (χ2v) is 7.97. The summed E-state index contributed by atoms with van der Waals surface area (Å²) in [6.45, 7) is 6.58. The van der Waals surface area contributed by atoms with Gasteiger partial charge in [0.1, 0.15) is 5.52 Å². The van der Waals surface area contributed by atoms with Crippen LogP contribution >= 0.6 is 0 Å². The summed E-state index contributed by atoms with van der Waals surface area (Å²) in [6.07, 6.45) is 4.92. The Hall–Kier alpha value is -2.71. The van der Waals surface area contributed by atoms with Crippen molar-refractivity contribution >= 4 is 16.7 Å². The monoisotopic (exact) mass is 378 g/mol. The largest absolute Gasteiger partial charge is 0.315 e. The van der Waals surface area contributed by atoms with Crippen molar-refractivity contribution in [2.24, 2.45) is 17.5 Å². The first kappa shape index (κ1) is 18.6. The predicted octanol–water partition coefficient (Wildman–Crippen LogP) is 2.99. The van der Waals surface area contributed by atoms with Crippen molar-refractivity contribution in [1.29, 1.82) is 0 Å². The van der Waals surface area contributed by atoms with E-state index in [4.69, 9.17) is 22.6 Å². The molecular weight excluding hydrogens is 350 g/mol. The summed E-state index contributed by atoms with van der Waals surface area (Å²) in [6, 6.07) is 14.4. The molecule has 0 aliphatic rings. The average molecular weight is 379 g/mol. The topological polar surface area (TPSA) is 99.8 Å². The van der Waals surface area contributed by atoms with E-state index < -0.39 is 4.81 Å². The van der Waals surface area contributed by atoms with Gasteiger partial charge in [0, 0.05) is 30.1 Å². The minimum absolute atomic E-state index is 0.258. The van der Waals surface area contributed by atoms with Crippen LogP contribution in [0.2, 0.25) is 0 Å². The number of hydrogen-bond donors (Lipinski definition) is 3. The molecular formula is C21H28N7+. The maximum atomic E-state index is 5.86. The summed E-state index contributed by atoms with van der Waals surface area (Å²) in [5, 5.41) is 4.79. The molecule has 4 aromatic heterocycles. The van der Waals surface area contributed by atoms with Gasteiger partial charge >= 0.3 is 0 Å². The van der Waals surface area contributed by atoms with Crippen LogP contribution in [0.25, 0.3) is 11.0 Å². The van der Waals surface area contributed by atoms with Crippen molar-refractivity contribution < 1.29 is 0 Å². The van der Waals surface area contributed by atoms with Gasteiger partial charge in [0.05, 0.1) is 11.2 Å². The highest BCUT2D eigenvalue weighted by atomic mass is 15.9. The number of rotatable bonds is 5. The zero-order chi connectivity index (χ0) is 20.1. The molecule has 0 aromatic carbocycles. The van der Waals surface area contributed by atoms with Crippen LogP contribution in [0, 0.1) is 0 Å². The highest BCUT2D eigenvalue weighted by Gasteiger charge is 2.23. The van der Waals surface area contributed by atoms with E-state index in [1.54, 1.807) is 0 Å². The molecule has 0 bridgehead atoms. The summed E-state index contributed by atoms with van der Waals surface area (Å²) in [7, 11) is 0. The van der Waals surface area contributed by atoms with Gasteiger partial charge < -0.3 is 4.40 Å². The van der Waals surface area contributed by atoms with Crippen molar-refractivity contribution in [3.8, 4) is 0 Å². The van der Waals surface area contributed by atoms with Gasteiger partial charge in [-0.2, -0.15) is 5.10 Å². The summed E-state index contributed by atoms with van der Waals surface area (Å²) in [5.41, 5.74) is 6.21. The number of aromatic nitrogens is 3. The summed E-state index contributed by atoms with van der Waals surface area (Å²) in [5.74, 6) is 18.3. The first-order chi connectivity index (χ1) is 13.2. The fourth-order valence-corrected chi connectivity index (χ4v) is 3.79.